The molecule has 27 heavy (non-hydrogen) atoms. The average molecular weight is 488 g/mol. The van der Waals surface area contributed by atoms with E-state index in [1.165, 1.54) is 17.5 Å². The predicted molar refractivity (Wildman–Crippen MR) is 121 cm³/mol. The Labute approximate surface area is 179 Å². The number of carbonyl (C=O) groups excluding carboxylic acids is 1. The van der Waals surface area contributed by atoms with E-state index in [1.807, 2.05) is 33.9 Å². The van der Waals surface area contributed by atoms with Gasteiger partial charge in [0.15, 0.2) is 5.96 Å². The van der Waals surface area contributed by atoms with Gasteiger partial charge in [-0.25, -0.2) is 0 Å². The summed E-state index contributed by atoms with van der Waals surface area (Å²) in [5.41, 5.74) is 3.27. The van der Waals surface area contributed by atoms with Crippen molar-refractivity contribution in [2.24, 2.45) is 4.99 Å². The van der Waals surface area contributed by atoms with E-state index >= 15 is 0 Å². The van der Waals surface area contributed by atoms with Crippen molar-refractivity contribution < 1.29 is 9.90 Å². The number of benzene rings is 1. The molecule has 0 aliphatic heterocycles. The first-order valence-corrected chi connectivity index (χ1v) is 9.26. The zero-order chi connectivity index (χ0) is 19.3. The van der Waals surface area contributed by atoms with Crippen molar-refractivity contribution >= 4 is 35.8 Å². The molecule has 0 fully saturated rings. The quantitative estimate of drug-likeness (QED) is 0.346. The van der Waals surface area contributed by atoms with Crippen molar-refractivity contribution in [2.45, 2.75) is 58.5 Å². The Bertz CT molecular complexity index is 683. The molecule has 0 heterocycles. The van der Waals surface area contributed by atoms with E-state index in [0.29, 0.717) is 18.3 Å². The summed E-state index contributed by atoms with van der Waals surface area (Å²) in [5.74, 6) is 0.895. The van der Waals surface area contributed by atoms with Crippen LogP contribution in [0.2, 0.25) is 0 Å². The predicted octanol–water partition coefficient (Wildman–Crippen LogP) is 2.81. The molecule has 0 saturated heterocycles. The van der Waals surface area contributed by atoms with Crippen LogP contribution in [-0.2, 0) is 24.2 Å². The zero-order valence-electron chi connectivity index (χ0n) is 17.1. The number of nitrogens with one attached hydrogen (secondary N) is 2. The molecule has 0 atom stereocenters. The molecule has 3 N–H and O–H groups in total. The van der Waals surface area contributed by atoms with E-state index < -0.39 is 0 Å². The lowest BCUT2D eigenvalue weighted by atomic mass is 9.88. The molecule has 1 aromatic carbocycles. The molecule has 1 aliphatic rings. The number of halogens is 1. The zero-order valence-corrected chi connectivity index (χ0v) is 19.4. The normalized spacial score (nSPS) is 14.0. The fraction of sp³-hybridized carbons (Fsp3) is 0.600. The molecule has 0 radical (unpaired) electrons. The summed E-state index contributed by atoms with van der Waals surface area (Å²) in [6, 6.07) is 3.82. The number of phenolic OH excluding ortho intramolecular Hbond substituents is 1. The number of hydrogen-bond donors (Lipinski definition) is 3. The Morgan fingerprint density at radius 3 is 2.56 bits per heavy atom. The van der Waals surface area contributed by atoms with Gasteiger partial charge >= 0.3 is 0 Å². The molecule has 0 bridgehead atoms. The maximum atomic E-state index is 12.1. The van der Waals surface area contributed by atoms with Gasteiger partial charge in [-0.15, -0.1) is 24.0 Å². The van der Waals surface area contributed by atoms with Crippen LogP contribution in [0.3, 0.4) is 0 Å². The van der Waals surface area contributed by atoms with Gasteiger partial charge in [0.2, 0.25) is 5.91 Å². The van der Waals surface area contributed by atoms with Crippen LogP contribution in [0.1, 0.15) is 50.3 Å². The van der Waals surface area contributed by atoms with Crippen LogP contribution in [0.15, 0.2) is 17.1 Å². The van der Waals surface area contributed by atoms with Crippen LogP contribution in [0.25, 0.3) is 0 Å². The van der Waals surface area contributed by atoms with Gasteiger partial charge in [-0.3, -0.25) is 9.79 Å². The van der Waals surface area contributed by atoms with Gasteiger partial charge < -0.3 is 20.6 Å². The van der Waals surface area contributed by atoms with E-state index in [0.717, 1.165) is 24.8 Å². The summed E-state index contributed by atoms with van der Waals surface area (Å²) in [5, 5.41) is 16.5. The molecule has 0 saturated carbocycles. The van der Waals surface area contributed by atoms with Crippen LogP contribution in [-0.4, -0.2) is 48.1 Å². The average Bonchev–Trinajstić information content (AvgIpc) is 2.55. The number of carbonyl (C=O) groups is 1. The Morgan fingerprint density at radius 2 is 1.93 bits per heavy atom. The standard InChI is InChI=1S/C20H32N4O2.HI/c1-20(2,3)23-18(26)13-24(5)19(21-4)22-12-16-15-9-7-6-8-14(15)10-11-17(16)25;/h10-11,25H,6-9,12-13H2,1-5H3,(H,21,22)(H,23,26);1H. The van der Waals surface area contributed by atoms with Crippen molar-refractivity contribution in [1.82, 2.24) is 15.5 Å². The molecule has 2 rings (SSSR count). The van der Waals surface area contributed by atoms with Crippen molar-refractivity contribution in [3.05, 3.63) is 28.8 Å². The van der Waals surface area contributed by atoms with Crippen molar-refractivity contribution in [2.75, 3.05) is 20.6 Å². The SMILES string of the molecule is CN=C(NCc1c(O)ccc2c1CCCC2)N(C)CC(=O)NC(C)(C)C.I. The number of aliphatic imine (C=N–C) groups is 1. The number of guanidine groups is 1. The van der Waals surface area contributed by atoms with Crippen LogP contribution in [0, 0.1) is 0 Å². The molecule has 7 heteroatoms. The summed E-state index contributed by atoms with van der Waals surface area (Å²) in [7, 11) is 3.53. The molecule has 0 spiro atoms. The largest absolute Gasteiger partial charge is 0.508 e. The first-order valence-electron chi connectivity index (χ1n) is 9.26. The number of amides is 1. The second-order valence-electron chi connectivity index (χ2n) is 7.96. The Kier molecular flexibility index (Phi) is 8.84. The van der Waals surface area contributed by atoms with E-state index in [4.69, 9.17) is 0 Å². The van der Waals surface area contributed by atoms with Crippen LogP contribution >= 0.6 is 24.0 Å². The number of aryl methyl sites for hydroxylation is 1. The van der Waals surface area contributed by atoms with Crippen molar-refractivity contribution in [3.8, 4) is 5.75 Å². The molecule has 1 aromatic rings. The lowest BCUT2D eigenvalue weighted by Crippen LogP contribution is -2.48. The maximum absolute atomic E-state index is 12.1. The Balaban J connectivity index is 0.00000364. The van der Waals surface area contributed by atoms with Gasteiger partial charge in [0.05, 0.1) is 6.54 Å². The summed E-state index contributed by atoms with van der Waals surface area (Å²) in [6.45, 7) is 6.58. The third-order valence-electron chi connectivity index (χ3n) is 4.52. The Hall–Kier alpha value is -1.51. The van der Waals surface area contributed by atoms with Crippen LogP contribution < -0.4 is 10.6 Å². The van der Waals surface area contributed by atoms with Gasteiger partial charge in [-0.1, -0.05) is 6.07 Å². The van der Waals surface area contributed by atoms with Crippen LogP contribution in [0.5, 0.6) is 5.75 Å². The van der Waals surface area contributed by atoms with E-state index in [1.54, 1.807) is 18.0 Å². The molecule has 1 amide bonds. The van der Waals surface area contributed by atoms with E-state index in [-0.39, 0.29) is 42.0 Å². The summed E-state index contributed by atoms with van der Waals surface area (Å²) >= 11 is 0. The summed E-state index contributed by atoms with van der Waals surface area (Å²) in [4.78, 5) is 18.2. The number of aromatic hydroxyl groups is 1. The van der Waals surface area contributed by atoms with Crippen molar-refractivity contribution in [3.63, 3.8) is 0 Å². The Morgan fingerprint density at radius 1 is 1.26 bits per heavy atom. The van der Waals surface area contributed by atoms with Gasteiger partial charge in [0, 0.05) is 31.7 Å². The molecule has 0 aromatic heterocycles. The lowest BCUT2D eigenvalue weighted by Gasteiger charge is -2.26. The summed E-state index contributed by atoms with van der Waals surface area (Å²) < 4.78 is 0. The van der Waals surface area contributed by atoms with Crippen LogP contribution in [0.4, 0.5) is 0 Å². The molecular weight excluding hydrogens is 455 g/mol. The van der Waals surface area contributed by atoms with Gasteiger partial charge in [-0.05, 0) is 63.6 Å². The van der Waals surface area contributed by atoms with Gasteiger partial charge in [-0.2, -0.15) is 0 Å². The maximum Gasteiger partial charge on any atom is 0.240 e. The van der Waals surface area contributed by atoms with Gasteiger partial charge in [0.25, 0.3) is 0 Å². The van der Waals surface area contributed by atoms with E-state index in [9.17, 15) is 9.90 Å². The molecule has 6 nitrogen and oxygen atoms in total. The minimum atomic E-state index is -0.260. The fourth-order valence-electron chi connectivity index (χ4n) is 3.39. The highest BCUT2D eigenvalue weighted by Crippen LogP contribution is 2.30. The lowest BCUT2D eigenvalue weighted by molar-refractivity contribution is -0.122. The highest BCUT2D eigenvalue weighted by molar-refractivity contribution is 14.0. The van der Waals surface area contributed by atoms with E-state index in [2.05, 4.69) is 15.6 Å². The first-order chi connectivity index (χ1) is 12.2. The summed E-state index contributed by atoms with van der Waals surface area (Å²) in [6.07, 6.45) is 4.44. The monoisotopic (exact) mass is 488 g/mol. The number of rotatable bonds is 4. The second-order valence-corrected chi connectivity index (χ2v) is 7.96. The highest BCUT2D eigenvalue weighted by atomic mass is 127. The number of fused-ring (bicyclic) bond motifs is 1. The third-order valence-corrected chi connectivity index (χ3v) is 4.52. The fourth-order valence-corrected chi connectivity index (χ4v) is 3.39. The third kappa shape index (κ3) is 6.86. The van der Waals surface area contributed by atoms with Gasteiger partial charge in [0.1, 0.15) is 5.75 Å². The smallest absolute Gasteiger partial charge is 0.240 e. The minimum Gasteiger partial charge on any atom is -0.508 e. The number of hydrogen-bond acceptors (Lipinski definition) is 3. The molecule has 1 aliphatic carbocycles. The molecular formula is C20H33IN4O2. The highest BCUT2D eigenvalue weighted by Gasteiger charge is 2.19. The van der Waals surface area contributed by atoms with Crippen molar-refractivity contribution in [1.29, 1.82) is 0 Å². The number of likely N-dealkylation sites (N-methyl/N-ethyl adjacent to an activating group) is 1. The minimum absolute atomic E-state index is 0. The number of nitrogens with zero attached hydrogens (tertiary/aromatic N) is 2. The topological polar surface area (TPSA) is 77.0 Å². The second kappa shape index (κ2) is 10.1. The number of phenols is 1. The first kappa shape index (κ1) is 23.5. The molecule has 152 valence electrons. The molecule has 0 unspecified atom stereocenters.